The van der Waals surface area contributed by atoms with Crippen LogP contribution in [0.2, 0.25) is 0 Å². The molecule has 3 rings (SSSR count). The van der Waals surface area contributed by atoms with Crippen LogP contribution < -0.4 is 4.90 Å². The zero-order chi connectivity index (χ0) is 18.4. The second-order valence-electron chi connectivity index (χ2n) is 6.00. The van der Waals surface area contributed by atoms with Gasteiger partial charge in [-0.05, 0) is 30.3 Å². The molecule has 1 saturated heterocycles. The molecule has 0 radical (unpaired) electrons. The smallest absolute Gasteiger partial charge is 0.246 e. The SMILES string of the molecule is O=C(C=CC=Cc1c(F)cccc1F)N1CCN(c2ccccc2)CC1. The lowest BCUT2D eigenvalue weighted by Gasteiger charge is -2.35. The maximum Gasteiger partial charge on any atom is 0.246 e. The number of amides is 1. The first-order valence-corrected chi connectivity index (χ1v) is 8.53. The Morgan fingerprint density at radius 2 is 1.50 bits per heavy atom. The zero-order valence-corrected chi connectivity index (χ0v) is 14.3. The molecule has 1 aliphatic rings. The van der Waals surface area contributed by atoms with Gasteiger partial charge < -0.3 is 9.80 Å². The topological polar surface area (TPSA) is 23.6 Å². The molecule has 0 bridgehead atoms. The minimum absolute atomic E-state index is 0.101. The largest absolute Gasteiger partial charge is 0.368 e. The number of carbonyl (C=O) groups excluding carboxylic acids is 1. The molecule has 1 heterocycles. The molecule has 0 N–H and O–H groups in total. The van der Waals surface area contributed by atoms with E-state index < -0.39 is 11.6 Å². The monoisotopic (exact) mass is 354 g/mol. The van der Waals surface area contributed by atoms with Crippen molar-refractivity contribution >= 4 is 17.7 Å². The fourth-order valence-corrected chi connectivity index (χ4v) is 2.89. The summed E-state index contributed by atoms with van der Waals surface area (Å²) in [5.41, 5.74) is 1.05. The lowest BCUT2D eigenvalue weighted by Crippen LogP contribution is -2.48. The van der Waals surface area contributed by atoms with Crippen molar-refractivity contribution in [2.75, 3.05) is 31.1 Å². The van der Waals surface area contributed by atoms with Crippen molar-refractivity contribution < 1.29 is 13.6 Å². The van der Waals surface area contributed by atoms with Crippen molar-refractivity contribution in [1.29, 1.82) is 0 Å². The highest BCUT2D eigenvalue weighted by atomic mass is 19.1. The van der Waals surface area contributed by atoms with Crippen molar-refractivity contribution in [1.82, 2.24) is 4.90 Å². The number of para-hydroxylation sites is 1. The molecule has 2 aromatic carbocycles. The van der Waals surface area contributed by atoms with E-state index in [1.807, 2.05) is 18.2 Å². The van der Waals surface area contributed by atoms with Gasteiger partial charge in [-0.15, -0.1) is 0 Å². The highest BCUT2D eigenvalue weighted by Crippen LogP contribution is 2.16. The van der Waals surface area contributed by atoms with E-state index >= 15 is 0 Å². The van der Waals surface area contributed by atoms with Gasteiger partial charge in [0.1, 0.15) is 11.6 Å². The summed E-state index contributed by atoms with van der Waals surface area (Å²) in [6.45, 7) is 2.84. The minimum atomic E-state index is -0.627. The van der Waals surface area contributed by atoms with Crippen LogP contribution in [0, 0.1) is 11.6 Å². The van der Waals surface area contributed by atoms with Crippen LogP contribution >= 0.6 is 0 Å². The van der Waals surface area contributed by atoms with Gasteiger partial charge in [0.25, 0.3) is 0 Å². The summed E-state index contributed by atoms with van der Waals surface area (Å²) in [6.07, 6.45) is 5.73. The number of hydrogen-bond donors (Lipinski definition) is 0. The molecule has 1 fully saturated rings. The Morgan fingerprint density at radius 3 is 2.15 bits per heavy atom. The summed E-state index contributed by atoms with van der Waals surface area (Å²) < 4.78 is 27.0. The summed E-state index contributed by atoms with van der Waals surface area (Å²) in [7, 11) is 0. The number of carbonyl (C=O) groups is 1. The molecule has 1 aliphatic heterocycles. The van der Waals surface area contributed by atoms with Crippen LogP contribution in [-0.2, 0) is 4.79 Å². The van der Waals surface area contributed by atoms with Crippen molar-refractivity contribution in [3.8, 4) is 0 Å². The van der Waals surface area contributed by atoms with E-state index in [4.69, 9.17) is 0 Å². The molecule has 1 amide bonds. The Hall–Kier alpha value is -2.95. The van der Waals surface area contributed by atoms with Crippen LogP contribution in [0.4, 0.5) is 14.5 Å². The van der Waals surface area contributed by atoms with E-state index in [1.54, 1.807) is 4.90 Å². The number of hydrogen-bond acceptors (Lipinski definition) is 2. The van der Waals surface area contributed by atoms with Gasteiger partial charge in [-0.1, -0.05) is 36.4 Å². The molecule has 26 heavy (non-hydrogen) atoms. The molecule has 2 aromatic rings. The van der Waals surface area contributed by atoms with Crippen molar-refractivity contribution in [2.24, 2.45) is 0 Å². The number of rotatable bonds is 4. The standard InChI is InChI=1S/C21H20F2N2O/c22-19-10-6-11-20(23)18(19)9-4-5-12-21(26)25-15-13-24(14-16-25)17-7-2-1-3-8-17/h1-12H,13-16H2. The molecule has 5 heteroatoms. The lowest BCUT2D eigenvalue weighted by molar-refractivity contribution is -0.126. The molecular weight excluding hydrogens is 334 g/mol. The van der Waals surface area contributed by atoms with Crippen molar-refractivity contribution in [3.63, 3.8) is 0 Å². The Bertz CT molecular complexity index is 790. The van der Waals surface area contributed by atoms with Crippen LogP contribution in [0.3, 0.4) is 0 Å². The van der Waals surface area contributed by atoms with Gasteiger partial charge in [0.2, 0.25) is 5.91 Å². The third-order valence-corrected chi connectivity index (χ3v) is 4.33. The predicted octanol–water partition coefficient (Wildman–Crippen LogP) is 3.88. The number of allylic oxidation sites excluding steroid dienone is 2. The number of nitrogens with zero attached hydrogens (tertiary/aromatic N) is 2. The molecule has 0 spiro atoms. The number of piperazine rings is 1. The van der Waals surface area contributed by atoms with Crippen LogP contribution in [0.15, 0.2) is 66.8 Å². The zero-order valence-electron chi connectivity index (χ0n) is 14.3. The van der Waals surface area contributed by atoms with Crippen molar-refractivity contribution in [3.05, 3.63) is 84.0 Å². The fourth-order valence-electron chi connectivity index (χ4n) is 2.89. The van der Waals surface area contributed by atoms with Crippen LogP contribution in [-0.4, -0.2) is 37.0 Å². The summed E-state index contributed by atoms with van der Waals surface area (Å²) in [5, 5.41) is 0. The summed E-state index contributed by atoms with van der Waals surface area (Å²) >= 11 is 0. The van der Waals surface area contributed by atoms with Gasteiger partial charge in [0, 0.05) is 43.5 Å². The summed E-state index contributed by atoms with van der Waals surface area (Å²) in [4.78, 5) is 16.2. The average Bonchev–Trinajstić information content (AvgIpc) is 2.68. The van der Waals surface area contributed by atoms with Gasteiger partial charge in [0.05, 0.1) is 0 Å². The molecule has 0 saturated carbocycles. The first-order chi connectivity index (χ1) is 12.6. The second kappa shape index (κ2) is 8.43. The quantitative estimate of drug-likeness (QED) is 0.614. The Morgan fingerprint density at radius 1 is 0.846 bits per heavy atom. The Labute approximate surface area is 151 Å². The van der Waals surface area contributed by atoms with E-state index in [0.717, 1.165) is 18.8 Å². The first kappa shape index (κ1) is 17.9. The highest BCUT2D eigenvalue weighted by Gasteiger charge is 2.19. The molecule has 0 aliphatic carbocycles. The van der Waals surface area contributed by atoms with Crippen LogP contribution in [0.1, 0.15) is 5.56 Å². The van der Waals surface area contributed by atoms with Crippen LogP contribution in [0.5, 0.6) is 0 Å². The third kappa shape index (κ3) is 4.36. The highest BCUT2D eigenvalue weighted by molar-refractivity contribution is 5.88. The van der Waals surface area contributed by atoms with Gasteiger partial charge in [0.15, 0.2) is 0 Å². The number of anilines is 1. The maximum atomic E-state index is 13.5. The molecule has 0 atom stereocenters. The van der Waals surface area contributed by atoms with Crippen molar-refractivity contribution in [2.45, 2.75) is 0 Å². The number of halogens is 2. The minimum Gasteiger partial charge on any atom is -0.368 e. The third-order valence-electron chi connectivity index (χ3n) is 4.33. The molecule has 3 nitrogen and oxygen atoms in total. The van der Waals surface area contributed by atoms with E-state index in [1.165, 1.54) is 42.5 Å². The normalized spacial score (nSPS) is 15.2. The average molecular weight is 354 g/mol. The molecule has 0 aromatic heterocycles. The molecule has 0 unspecified atom stereocenters. The van der Waals surface area contributed by atoms with E-state index in [-0.39, 0.29) is 11.5 Å². The second-order valence-corrected chi connectivity index (χ2v) is 6.00. The summed E-state index contributed by atoms with van der Waals surface area (Å²) in [6, 6.07) is 13.8. The Kier molecular flexibility index (Phi) is 5.79. The van der Waals surface area contributed by atoms with Gasteiger partial charge in [-0.2, -0.15) is 0 Å². The lowest BCUT2D eigenvalue weighted by atomic mass is 10.2. The maximum absolute atomic E-state index is 13.5. The predicted molar refractivity (Wildman–Crippen MR) is 99.8 cm³/mol. The fraction of sp³-hybridized carbons (Fsp3) is 0.190. The molecule has 134 valence electrons. The summed E-state index contributed by atoms with van der Waals surface area (Å²) in [5.74, 6) is -1.35. The molecular formula is C21H20F2N2O. The van der Waals surface area contributed by atoms with Gasteiger partial charge in [-0.25, -0.2) is 8.78 Å². The Balaban J connectivity index is 1.53. The number of benzene rings is 2. The van der Waals surface area contributed by atoms with Gasteiger partial charge >= 0.3 is 0 Å². The van der Waals surface area contributed by atoms with Gasteiger partial charge in [-0.3, -0.25) is 4.79 Å². The van der Waals surface area contributed by atoms with Crippen LogP contribution in [0.25, 0.3) is 6.08 Å². The first-order valence-electron chi connectivity index (χ1n) is 8.53. The van der Waals surface area contributed by atoms with E-state index in [9.17, 15) is 13.6 Å². The van der Waals surface area contributed by atoms with E-state index in [2.05, 4.69) is 17.0 Å². The van der Waals surface area contributed by atoms with E-state index in [0.29, 0.717) is 13.1 Å².